The molecule has 0 aromatic carbocycles. The van der Waals surface area contributed by atoms with Gasteiger partial charge in [-0.1, -0.05) is 13.3 Å². The molecule has 1 aromatic rings. The maximum atomic E-state index is 5.74. The topological polar surface area (TPSA) is 47.0 Å². The van der Waals surface area contributed by atoms with E-state index in [1.54, 1.807) is 6.33 Å². The van der Waals surface area contributed by atoms with Crippen LogP contribution in [0.15, 0.2) is 12.4 Å². The van der Waals surface area contributed by atoms with Crippen LogP contribution in [-0.2, 0) is 6.42 Å². The van der Waals surface area contributed by atoms with Crippen molar-refractivity contribution < 1.29 is 4.74 Å². The van der Waals surface area contributed by atoms with Gasteiger partial charge in [0.05, 0.1) is 6.61 Å². The molecule has 2 rings (SSSR count). The fourth-order valence-corrected chi connectivity index (χ4v) is 2.12. The van der Waals surface area contributed by atoms with Gasteiger partial charge in [-0.25, -0.2) is 9.97 Å². The highest BCUT2D eigenvalue weighted by atomic mass is 16.5. The third kappa shape index (κ3) is 3.97. The van der Waals surface area contributed by atoms with Gasteiger partial charge in [-0.05, 0) is 25.8 Å². The van der Waals surface area contributed by atoms with Crippen LogP contribution in [0.2, 0.25) is 0 Å². The van der Waals surface area contributed by atoms with E-state index in [0.717, 1.165) is 38.2 Å². The Labute approximate surface area is 103 Å². The molecule has 2 heterocycles. The molecule has 17 heavy (non-hydrogen) atoms. The first-order chi connectivity index (χ1) is 8.38. The van der Waals surface area contributed by atoms with Crippen LogP contribution >= 0.6 is 0 Å². The molecule has 1 saturated heterocycles. The number of hydrogen-bond acceptors (Lipinski definition) is 4. The van der Waals surface area contributed by atoms with Crippen LogP contribution in [0.25, 0.3) is 0 Å². The molecule has 1 aliphatic rings. The number of rotatable bonds is 5. The fraction of sp³-hybridized carbons (Fsp3) is 0.692. The molecule has 0 aliphatic carbocycles. The lowest BCUT2D eigenvalue weighted by atomic mass is 10.0. The molecule has 0 amide bonds. The number of nitrogens with zero attached hydrogens (tertiary/aromatic N) is 2. The van der Waals surface area contributed by atoms with Gasteiger partial charge in [0.1, 0.15) is 6.33 Å². The minimum absolute atomic E-state index is 0.619. The van der Waals surface area contributed by atoms with E-state index in [1.165, 1.54) is 12.8 Å². The van der Waals surface area contributed by atoms with Crippen LogP contribution in [-0.4, -0.2) is 29.7 Å². The molecule has 1 unspecified atom stereocenters. The molecule has 1 fully saturated rings. The van der Waals surface area contributed by atoms with Crippen molar-refractivity contribution in [3.05, 3.63) is 18.1 Å². The highest BCUT2D eigenvalue weighted by molar-refractivity contribution is 5.13. The van der Waals surface area contributed by atoms with Gasteiger partial charge < -0.3 is 10.1 Å². The second-order valence-corrected chi connectivity index (χ2v) is 4.62. The fourth-order valence-electron chi connectivity index (χ4n) is 2.12. The summed E-state index contributed by atoms with van der Waals surface area (Å²) < 4.78 is 5.74. The monoisotopic (exact) mass is 235 g/mol. The quantitative estimate of drug-likeness (QED) is 0.845. The normalized spacial score (nSPS) is 20.2. The highest BCUT2D eigenvalue weighted by Gasteiger charge is 2.13. The van der Waals surface area contributed by atoms with Crippen molar-refractivity contribution in [2.24, 2.45) is 5.92 Å². The van der Waals surface area contributed by atoms with E-state index in [-0.39, 0.29) is 0 Å². The molecule has 4 heteroatoms. The number of nitrogens with one attached hydrogen (secondary N) is 1. The van der Waals surface area contributed by atoms with Gasteiger partial charge in [-0.15, -0.1) is 0 Å². The first-order valence-electron chi connectivity index (χ1n) is 6.53. The van der Waals surface area contributed by atoms with Crippen LogP contribution < -0.4 is 10.1 Å². The molecule has 1 aromatic heterocycles. The zero-order valence-electron chi connectivity index (χ0n) is 10.5. The molecule has 0 bridgehead atoms. The van der Waals surface area contributed by atoms with Crippen molar-refractivity contribution >= 4 is 0 Å². The van der Waals surface area contributed by atoms with Gasteiger partial charge in [0.2, 0.25) is 5.88 Å². The van der Waals surface area contributed by atoms with Gasteiger partial charge in [0, 0.05) is 24.2 Å². The van der Waals surface area contributed by atoms with Gasteiger partial charge in [-0.2, -0.15) is 0 Å². The van der Waals surface area contributed by atoms with Crippen LogP contribution in [0.1, 0.15) is 31.9 Å². The van der Waals surface area contributed by atoms with E-state index in [2.05, 4.69) is 22.2 Å². The second kappa shape index (κ2) is 6.55. The maximum Gasteiger partial charge on any atom is 0.216 e. The third-order valence-electron chi connectivity index (χ3n) is 3.07. The summed E-state index contributed by atoms with van der Waals surface area (Å²) in [6.07, 6.45) is 6.19. The molecular formula is C13H21N3O. The Morgan fingerprint density at radius 3 is 3.18 bits per heavy atom. The zero-order chi connectivity index (χ0) is 11.9. The summed E-state index contributed by atoms with van der Waals surface area (Å²) in [5.41, 5.74) is 1.07. The summed E-state index contributed by atoms with van der Waals surface area (Å²) in [5, 5.41) is 3.39. The van der Waals surface area contributed by atoms with Crippen LogP contribution in [0.3, 0.4) is 0 Å². The Balaban J connectivity index is 1.83. The number of aromatic nitrogens is 2. The Hall–Kier alpha value is -1.16. The Bertz CT molecular complexity index is 337. The van der Waals surface area contributed by atoms with E-state index in [9.17, 15) is 0 Å². The first-order valence-corrected chi connectivity index (χ1v) is 6.53. The summed E-state index contributed by atoms with van der Waals surface area (Å²) in [6.45, 7) is 5.11. The summed E-state index contributed by atoms with van der Waals surface area (Å²) in [5.74, 6) is 1.34. The van der Waals surface area contributed by atoms with Crippen LogP contribution in [0.5, 0.6) is 5.88 Å². The van der Waals surface area contributed by atoms with Gasteiger partial charge in [0.15, 0.2) is 0 Å². The molecule has 0 spiro atoms. The predicted molar refractivity (Wildman–Crippen MR) is 67.1 cm³/mol. The minimum Gasteiger partial charge on any atom is -0.477 e. The zero-order valence-corrected chi connectivity index (χ0v) is 10.5. The second-order valence-electron chi connectivity index (χ2n) is 4.62. The van der Waals surface area contributed by atoms with Crippen molar-refractivity contribution in [3.8, 4) is 5.88 Å². The van der Waals surface area contributed by atoms with E-state index >= 15 is 0 Å². The summed E-state index contributed by atoms with van der Waals surface area (Å²) in [4.78, 5) is 8.37. The van der Waals surface area contributed by atoms with Gasteiger partial charge in [0.25, 0.3) is 0 Å². The molecule has 1 atom stereocenters. The molecule has 94 valence electrons. The van der Waals surface area contributed by atoms with Crippen molar-refractivity contribution in [1.82, 2.24) is 15.3 Å². The molecular weight excluding hydrogens is 214 g/mol. The Morgan fingerprint density at radius 2 is 2.41 bits per heavy atom. The first kappa shape index (κ1) is 12.3. The number of ether oxygens (including phenoxy) is 1. The Morgan fingerprint density at radius 1 is 1.47 bits per heavy atom. The summed E-state index contributed by atoms with van der Waals surface area (Å²) >= 11 is 0. The Kier molecular flexibility index (Phi) is 4.74. The number of aryl methyl sites for hydroxylation is 1. The van der Waals surface area contributed by atoms with Gasteiger partial charge >= 0.3 is 0 Å². The van der Waals surface area contributed by atoms with Crippen LogP contribution in [0.4, 0.5) is 0 Å². The minimum atomic E-state index is 0.619. The van der Waals surface area contributed by atoms with E-state index in [0.29, 0.717) is 11.8 Å². The van der Waals surface area contributed by atoms with E-state index in [1.807, 2.05) is 6.07 Å². The van der Waals surface area contributed by atoms with Crippen LogP contribution in [0, 0.1) is 5.92 Å². The molecule has 4 nitrogen and oxygen atoms in total. The molecule has 0 saturated carbocycles. The molecule has 1 N–H and O–H groups in total. The van der Waals surface area contributed by atoms with Crippen molar-refractivity contribution in [1.29, 1.82) is 0 Å². The summed E-state index contributed by atoms with van der Waals surface area (Å²) in [6, 6.07) is 1.96. The molecule has 0 radical (unpaired) electrons. The number of hydrogen-bond donors (Lipinski definition) is 1. The van der Waals surface area contributed by atoms with Crippen molar-refractivity contribution in [3.63, 3.8) is 0 Å². The lowest BCUT2D eigenvalue weighted by molar-refractivity contribution is 0.211. The van der Waals surface area contributed by atoms with E-state index < -0.39 is 0 Å². The van der Waals surface area contributed by atoms with Crippen molar-refractivity contribution in [2.75, 3.05) is 19.7 Å². The highest BCUT2D eigenvalue weighted by Crippen LogP contribution is 2.13. The average molecular weight is 235 g/mol. The lowest BCUT2D eigenvalue weighted by Gasteiger charge is -2.22. The molecule has 1 aliphatic heterocycles. The van der Waals surface area contributed by atoms with Crippen molar-refractivity contribution in [2.45, 2.75) is 32.6 Å². The predicted octanol–water partition coefficient (Wildman–Crippen LogP) is 1.81. The largest absolute Gasteiger partial charge is 0.477 e. The SMILES string of the molecule is CCCc1cc(OCC2CCCNC2)ncn1. The smallest absolute Gasteiger partial charge is 0.216 e. The standard InChI is InChI=1S/C13H21N3O/c1-2-4-12-7-13(16-10-15-12)17-9-11-5-3-6-14-8-11/h7,10-11,14H,2-6,8-9H2,1H3. The lowest BCUT2D eigenvalue weighted by Crippen LogP contribution is -2.33. The average Bonchev–Trinajstić information content (AvgIpc) is 2.39. The summed E-state index contributed by atoms with van der Waals surface area (Å²) in [7, 11) is 0. The third-order valence-corrected chi connectivity index (χ3v) is 3.07. The maximum absolute atomic E-state index is 5.74. The van der Waals surface area contributed by atoms with Gasteiger partial charge in [-0.3, -0.25) is 0 Å². The number of piperidine rings is 1. The van der Waals surface area contributed by atoms with E-state index in [4.69, 9.17) is 4.74 Å².